The predicted octanol–water partition coefficient (Wildman–Crippen LogP) is 3.35. The molecule has 116 valence electrons. The maximum atomic E-state index is 13.4. The molecule has 0 aliphatic carbocycles. The molecule has 1 rings (SSSR count). The molecule has 7 heteroatoms. The van der Waals surface area contributed by atoms with Crippen molar-refractivity contribution in [3.05, 3.63) is 33.6 Å². The second-order valence-corrected chi connectivity index (χ2v) is 5.02. The van der Waals surface area contributed by atoms with Crippen molar-refractivity contribution in [2.75, 3.05) is 11.9 Å². The van der Waals surface area contributed by atoms with Gasteiger partial charge >= 0.3 is 5.97 Å². The van der Waals surface area contributed by atoms with Gasteiger partial charge in [0.25, 0.3) is 5.69 Å². The standard InChI is InChI=1S/C14H19FN2O4/c1-4-14(5-2,13(18)19)8-16-11-6-9(3)10(15)7-12(11)17(20)21/h6-7,16H,4-5,8H2,1-3H3,(H,18,19). The van der Waals surface area contributed by atoms with E-state index >= 15 is 0 Å². The maximum absolute atomic E-state index is 13.4. The molecular weight excluding hydrogens is 279 g/mol. The van der Waals surface area contributed by atoms with Gasteiger partial charge in [-0.2, -0.15) is 0 Å². The summed E-state index contributed by atoms with van der Waals surface area (Å²) in [4.78, 5) is 21.7. The van der Waals surface area contributed by atoms with Gasteiger partial charge in [-0.1, -0.05) is 13.8 Å². The van der Waals surface area contributed by atoms with Crippen molar-refractivity contribution in [3.8, 4) is 0 Å². The van der Waals surface area contributed by atoms with Crippen LogP contribution in [0.1, 0.15) is 32.3 Å². The first-order valence-electron chi connectivity index (χ1n) is 6.69. The minimum atomic E-state index is -1.00. The molecule has 0 fully saturated rings. The summed E-state index contributed by atoms with van der Waals surface area (Å²) in [5, 5.41) is 23.1. The molecule has 0 atom stereocenters. The number of halogens is 1. The lowest BCUT2D eigenvalue weighted by atomic mass is 9.82. The highest BCUT2D eigenvalue weighted by Crippen LogP contribution is 2.31. The molecule has 6 nitrogen and oxygen atoms in total. The van der Waals surface area contributed by atoms with Crippen molar-refractivity contribution in [1.82, 2.24) is 0 Å². The van der Waals surface area contributed by atoms with Crippen molar-refractivity contribution in [1.29, 1.82) is 0 Å². The highest BCUT2D eigenvalue weighted by molar-refractivity contribution is 5.76. The monoisotopic (exact) mass is 298 g/mol. The van der Waals surface area contributed by atoms with E-state index in [4.69, 9.17) is 0 Å². The Bertz CT molecular complexity index is 556. The normalized spacial score (nSPS) is 11.2. The van der Waals surface area contributed by atoms with E-state index < -0.39 is 27.8 Å². The van der Waals surface area contributed by atoms with Crippen LogP contribution in [0.3, 0.4) is 0 Å². The Morgan fingerprint density at radius 2 is 2.00 bits per heavy atom. The minimum Gasteiger partial charge on any atom is -0.481 e. The largest absolute Gasteiger partial charge is 0.481 e. The molecule has 0 bridgehead atoms. The number of nitrogens with one attached hydrogen (secondary N) is 1. The Kier molecular flexibility index (Phi) is 5.23. The number of hydrogen-bond donors (Lipinski definition) is 2. The molecule has 0 radical (unpaired) electrons. The summed E-state index contributed by atoms with van der Waals surface area (Å²) < 4.78 is 13.4. The van der Waals surface area contributed by atoms with Crippen LogP contribution in [0, 0.1) is 28.3 Å². The highest BCUT2D eigenvalue weighted by atomic mass is 19.1. The number of hydrogen-bond acceptors (Lipinski definition) is 4. The number of aliphatic carboxylic acids is 1. The average Bonchev–Trinajstić information content (AvgIpc) is 2.43. The molecular formula is C14H19FN2O4. The minimum absolute atomic E-state index is 0.0429. The van der Waals surface area contributed by atoms with Crippen molar-refractivity contribution < 1.29 is 19.2 Å². The van der Waals surface area contributed by atoms with Crippen LogP contribution in [0.5, 0.6) is 0 Å². The van der Waals surface area contributed by atoms with Crippen LogP contribution in [-0.2, 0) is 4.79 Å². The fourth-order valence-electron chi connectivity index (χ4n) is 2.11. The van der Waals surface area contributed by atoms with E-state index in [1.54, 1.807) is 13.8 Å². The molecule has 0 aliphatic heterocycles. The van der Waals surface area contributed by atoms with Gasteiger partial charge in [0.2, 0.25) is 0 Å². The zero-order chi connectivity index (χ0) is 16.2. The smallest absolute Gasteiger partial charge is 0.311 e. The van der Waals surface area contributed by atoms with Crippen molar-refractivity contribution in [2.24, 2.45) is 5.41 Å². The molecule has 0 spiro atoms. The number of nitrogens with zero attached hydrogens (tertiary/aromatic N) is 1. The van der Waals surface area contributed by atoms with Gasteiger partial charge in [-0.25, -0.2) is 4.39 Å². The van der Waals surface area contributed by atoms with Crippen LogP contribution in [0.15, 0.2) is 12.1 Å². The van der Waals surface area contributed by atoms with E-state index in [1.165, 1.54) is 13.0 Å². The number of carboxylic acid groups (broad SMARTS) is 1. The molecule has 0 saturated carbocycles. The molecule has 0 amide bonds. The number of nitro groups is 1. The third-order valence-electron chi connectivity index (χ3n) is 3.90. The second kappa shape index (κ2) is 6.51. The van der Waals surface area contributed by atoms with Crippen molar-refractivity contribution in [2.45, 2.75) is 33.6 Å². The van der Waals surface area contributed by atoms with Crippen LogP contribution >= 0.6 is 0 Å². The molecule has 1 aromatic carbocycles. The van der Waals surface area contributed by atoms with Gasteiger partial charge in [0, 0.05) is 6.54 Å². The number of aryl methyl sites for hydroxylation is 1. The van der Waals surface area contributed by atoms with Gasteiger partial charge < -0.3 is 10.4 Å². The summed E-state index contributed by atoms with van der Waals surface area (Å²) in [7, 11) is 0. The quantitative estimate of drug-likeness (QED) is 0.595. The lowest BCUT2D eigenvalue weighted by Crippen LogP contribution is -2.37. The Labute approximate surface area is 122 Å². The third-order valence-corrected chi connectivity index (χ3v) is 3.90. The van der Waals surface area contributed by atoms with E-state index in [0.717, 1.165) is 6.07 Å². The lowest BCUT2D eigenvalue weighted by molar-refractivity contribution is -0.384. The van der Waals surface area contributed by atoms with Crippen LogP contribution in [0.25, 0.3) is 0 Å². The van der Waals surface area contributed by atoms with Crippen LogP contribution in [0.4, 0.5) is 15.8 Å². The fraction of sp³-hybridized carbons (Fsp3) is 0.500. The summed E-state index contributed by atoms with van der Waals surface area (Å²) in [5.74, 6) is -1.62. The first kappa shape index (κ1) is 16.9. The van der Waals surface area contributed by atoms with E-state index in [9.17, 15) is 24.4 Å². The molecule has 21 heavy (non-hydrogen) atoms. The summed E-state index contributed by atoms with van der Waals surface area (Å²) in [5.41, 5.74) is -1.01. The summed E-state index contributed by atoms with van der Waals surface area (Å²) >= 11 is 0. The predicted molar refractivity (Wildman–Crippen MR) is 76.9 cm³/mol. The van der Waals surface area contributed by atoms with E-state index in [-0.39, 0.29) is 17.8 Å². The molecule has 0 unspecified atom stereocenters. The van der Waals surface area contributed by atoms with Crippen LogP contribution in [0.2, 0.25) is 0 Å². The van der Waals surface area contributed by atoms with Gasteiger partial charge in [0.05, 0.1) is 16.4 Å². The topological polar surface area (TPSA) is 92.5 Å². The number of rotatable bonds is 7. The summed E-state index contributed by atoms with van der Waals surface area (Å²) in [6.45, 7) is 5.04. The van der Waals surface area contributed by atoms with E-state index in [1.807, 2.05) is 0 Å². The third kappa shape index (κ3) is 3.48. The molecule has 0 aliphatic rings. The highest BCUT2D eigenvalue weighted by Gasteiger charge is 2.35. The van der Waals surface area contributed by atoms with Gasteiger partial charge in [-0.05, 0) is 31.4 Å². The second-order valence-electron chi connectivity index (χ2n) is 5.02. The first-order valence-corrected chi connectivity index (χ1v) is 6.69. The first-order chi connectivity index (χ1) is 9.77. The Morgan fingerprint density at radius 3 is 2.43 bits per heavy atom. The summed E-state index contributed by atoms with van der Waals surface area (Å²) in [6, 6.07) is 2.17. The molecule has 0 heterocycles. The summed E-state index contributed by atoms with van der Waals surface area (Å²) in [6.07, 6.45) is 0.777. The number of nitro benzene ring substituents is 1. The Morgan fingerprint density at radius 1 is 1.43 bits per heavy atom. The van der Waals surface area contributed by atoms with Crippen molar-refractivity contribution in [3.63, 3.8) is 0 Å². The van der Waals surface area contributed by atoms with E-state index in [2.05, 4.69) is 5.32 Å². The van der Waals surface area contributed by atoms with E-state index in [0.29, 0.717) is 12.8 Å². The van der Waals surface area contributed by atoms with Gasteiger partial charge in [0.15, 0.2) is 0 Å². The van der Waals surface area contributed by atoms with Crippen molar-refractivity contribution >= 4 is 17.3 Å². The maximum Gasteiger partial charge on any atom is 0.311 e. The molecule has 2 N–H and O–H groups in total. The average molecular weight is 298 g/mol. The number of carboxylic acids is 1. The molecule has 1 aromatic rings. The Hall–Kier alpha value is -2.18. The van der Waals surface area contributed by atoms with Crippen LogP contribution < -0.4 is 5.32 Å². The number of carbonyl (C=O) groups is 1. The fourth-order valence-corrected chi connectivity index (χ4v) is 2.11. The molecule has 0 saturated heterocycles. The zero-order valence-electron chi connectivity index (χ0n) is 12.3. The van der Waals surface area contributed by atoms with Gasteiger partial charge in [0.1, 0.15) is 11.5 Å². The lowest BCUT2D eigenvalue weighted by Gasteiger charge is -2.27. The Balaban J connectivity index is 3.10. The molecule has 0 aromatic heterocycles. The zero-order valence-corrected chi connectivity index (χ0v) is 12.3. The number of anilines is 1. The number of benzene rings is 1. The van der Waals surface area contributed by atoms with Gasteiger partial charge in [-0.3, -0.25) is 14.9 Å². The SMILES string of the molecule is CCC(CC)(CNc1cc(C)c(F)cc1[N+](=O)[O-])C(=O)O. The van der Waals surface area contributed by atoms with Gasteiger partial charge in [-0.15, -0.1) is 0 Å². The van der Waals surface area contributed by atoms with Crippen LogP contribution in [-0.4, -0.2) is 22.5 Å².